The van der Waals surface area contributed by atoms with E-state index < -0.39 is 0 Å². The monoisotopic (exact) mass is 318 g/mol. The van der Waals surface area contributed by atoms with Crippen molar-refractivity contribution in [2.75, 3.05) is 13.6 Å². The third-order valence-corrected chi connectivity index (χ3v) is 3.55. The van der Waals surface area contributed by atoms with Crippen molar-refractivity contribution < 1.29 is 13.6 Å². The molecule has 2 N–H and O–H groups in total. The summed E-state index contributed by atoms with van der Waals surface area (Å²) in [6.07, 6.45) is 0.604. The average molecular weight is 318 g/mol. The number of nitrogens with one attached hydrogen (secondary N) is 2. The zero-order valence-corrected chi connectivity index (χ0v) is 13.0. The summed E-state index contributed by atoms with van der Waals surface area (Å²) in [4.78, 5) is 11.8. The molecule has 23 heavy (non-hydrogen) atoms. The van der Waals surface area contributed by atoms with E-state index in [-0.39, 0.29) is 30.1 Å². The first-order chi connectivity index (χ1) is 11.1. The molecule has 0 unspecified atom stereocenters. The summed E-state index contributed by atoms with van der Waals surface area (Å²) in [5.41, 5.74) is 0.997. The van der Waals surface area contributed by atoms with Crippen LogP contribution in [-0.2, 0) is 17.6 Å². The van der Waals surface area contributed by atoms with Crippen LogP contribution in [0.2, 0.25) is 0 Å². The molecule has 0 fully saturated rings. The summed E-state index contributed by atoms with van der Waals surface area (Å²) < 4.78 is 27.7. The van der Waals surface area contributed by atoms with Crippen molar-refractivity contribution in [1.82, 2.24) is 10.6 Å². The number of likely N-dealkylation sites (N-methyl/N-ethyl adjacent to an activating group) is 1. The van der Waals surface area contributed by atoms with Gasteiger partial charge in [0.15, 0.2) is 0 Å². The lowest BCUT2D eigenvalue weighted by atomic mass is 9.98. The number of benzene rings is 2. The molecule has 0 aliphatic heterocycles. The zero-order chi connectivity index (χ0) is 16.7. The van der Waals surface area contributed by atoms with Crippen LogP contribution in [0, 0.1) is 11.6 Å². The maximum atomic E-state index is 13.9. The van der Waals surface area contributed by atoms with Gasteiger partial charge in [0.25, 0.3) is 0 Å². The van der Waals surface area contributed by atoms with E-state index in [1.807, 2.05) is 0 Å². The molecule has 5 heteroatoms. The second-order valence-corrected chi connectivity index (χ2v) is 5.39. The third kappa shape index (κ3) is 5.14. The molecule has 0 spiro atoms. The van der Waals surface area contributed by atoms with E-state index in [2.05, 4.69) is 10.6 Å². The summed E-state index contributed by atoms with van der Waals surface area (Å²) in [7, 11) is 1.67. The highest BCUT2D eigenvalue weighted by Gasteiger charge is 2.17. The van der Waals surface area contributed by atoms with Gasteiger partial charge in [-0.15, -0.1) is 0 Å². The van der Waals surface area contributed by atoms with E-state index in [1.165, 1.54) is 12.1 Å². The highest BCUT2D eigenvalue weighted by Crippen LogP contribution is 2.14. The Morgan fingerprint density at radius 3 is 1.87 bits per heavy atom. The average Bonchev–Trinajstić information content (AvgIpc) is 2.52. The summed E-state index contributed by atoms with van der Waals surface area (Å²) >= 11 is 0. The maximum absolute atomic E-state index is 13.9. The number of amides is 1. The number of hydrogen-bond acceptors (Lipinski definition) is 2. The molecule has 0 heterocycles. The molecule has 0 saturated heterocycles. The molecule has 3 nitrogen and oxygen atoms in total. The topological polar surface area (TPSA) is 41.1 Å². The molecule has 2 aromatic rings. The lowest BCUT2D eigenvalue weighted by Crippen LogP contribution is -2.42. The van der Waals surface area contributed by atoms with Crippen LogP contribution in [0.25, 0.3) is 0 Å². The van der Waals surface area contributed by atoms with E-state index in [0.717, 1.165) is 0 Å². The number of carbonyl (C=O) groups is 1. The molecule has 0 aliphatic rings. The zero-order valence-electron chi connectivity index (χ0n) is 13.0. The van der Waals surface area contributed by atoms with Crippen LogP contribution >= 0.6 is 0 Å². The lowest BCUT2D eigenvalue weighted by molar-refractivity contribution is -0.120. The fourth-order valence-corrected chi connectivity index (χ4v) is 2.47. The Bertz CT molecular complexity index is 613. The van der Waals surface area contributed by atoms with E-state index >= 15 is 0 Å². The summed E-state index contributed by atoms with van der Waals surface area (Å²) in [5, 5.41) is 5.60. The van der Waals surface area contributed by atoms with Crippen molar-refractivity contribution in [2.45, 2.75) is 18.9 Å². The van der Waals surface area contributed by atoms with Crippen LogP contribution in [0.1, 0.15) is 11.1 Å². The van der Waals surface area contributed by atoms with Crippen LogP contribution in [0.5, 0.6) is 0 Å². The predicted octanol–water partition coefficient (Wildman–Crippen LogP) is 2.45. The molecule has 0 atom stereocenters. The predicted molar refractivity (Wildman–Crippen MR) is 86.1 cm³/mol. The maximum Gasteiger partial charge on any atom is 0.234 e. The minimum absolute atomic E-state index is 0.158. The highest BCUT2D eigenvalue weighted by molar-refractivity contribution is 5.78. The van der Waals surface area contributed by atoms with Crippen LogP contribution in [0.3, 0.4) is 0 Å². The Balaban J connectivity index is 2.16. The first kappa shape index (κ1) is 17.1. The van der Waals surface area contributed by atoms with Gasteiger partial charge in [-0.1, -0.05) is 36.4 Å². The Hall–Kier alpha value is -2.27. The molecule has 0 radical (unpaired) electrons. The smallest absolute Gasteiger partial charge is 0.234 e. The molecule has 0 bridgehead atoms. The largest absolute Gasteiger partial charge is 0.352 e. The number of rotatable bonds is 7. The van der Waals surface area contributed by atoms with Crippen molar-refractivity contribution in [3.05, 3.63) is 71.3 Å². The Morgan fingerprint density at radius 1 is 0.957 bits per heavy atom. The van der Waals surface area contributed by atoms with Crippen LogP contribution in [0.15, 0.2) is 48.5 Å². The van der Waals surface area contributed by atoms with Gasteiger partial charge < -0.3 is 10.6 Å². The molecule has 1 amide bonds. The summed E-state index contributed by atoms with van der Waals surface area (Å²) in [5.74, 6) is -0.854. The SMILES string of the molecule is CNCC(=O)NC(Cc1ccccc1F)Cc1ccccc1F. The second-order valence-electron chi connectivity index (χ2n) is 5.39. The first-order valence-electron chi connectivity index (χ1n) is 7.51. The van der Waals surface area contributed by atoms with Gasteiger partial charge in [0.2, 0.25) is 5.91 Å². The third-order valence-electron chi connectivity index (χ3n) is 3.55. The Morgan fingerprint density at radius 2 is 1.43 bits per heavy atom. The van der Waals surface area contributed by atoms with Crippen LogP contribution in [0.4, 0.5) is 8.78 Å². The summed E-state index contributed by atoms with van der Waals surface area (Å²) in [6, 6.07) is 12.4. The highest BCUT2D eigenvalue weighted by atomic mass is 19.1. The minimum atomic E-state index is -0.385. The van der Waals surface area contributed by atoms with Crippen molar-refractivity contribution in [2.24, 2.45) is 0 Å². The van der Waals surface area contributed by atoms with Gasteiger partial charge in [-0.2, -0.15) is 0 Å². The lowest BCUT2D eigenvalue weighted by Gasteiger charge is -2.20. The van der Waals surface area contributed by atoms with Gasteiger partial charge in [0.05, 0.1) is 6.54 Å². The molecular weight excluding hydrogens is 298 g/mol. The quantitative estimate of drug-likeness (QED) is 0.823. The Labute approximate surface area is 134 Å². The van der Waals surface area contributed by atoms with Crippen LogP contribution < -0.4 is 10.6 Å². The van der Waals surface area contributed by atoms with E-state index in [0.29, 0.717) is 24.0 Å². The number of halogens is 2. The van der Waals surface area contributed by atoms with Gasteiger partial charge in [0, 0.05) is 6.04 Å². The number of hydrogen-bond donors (Lipinski definition) is 2. The number of carbonyl (C=O) groups excluding carboxylic acids is 1. The summed E-state index contributed by atoms with van der Waals surface area (Å²) in [6.45, 7) is 0.158. The van der Waals surface area contributed by atoms with Crippen LogP contribution in [-0.4, -0.2) is 25.5 Å². The minimum Gasteiger partial charge on any atom is -0.352 e. The van der Waals surface area contributed by atoms with Gasteiger partial charge in [-0.05, 0) is 43.1 Å². The van der Waals surface area contributed by atoms with Crippen molar-refractivity contribution in [3.63, 3.8) is 0 Å². The van der Waals surface area contributed by atoms with E-state index in [1.54, 1.807) is 43.4 Å². The first-order valence-corrected chi connectivity index (χ1v) is 7.51. The van der Waals surface area contributed by atoms with Crippen molar-refractivity contribution in [1.29, 1.82) is 0 Å². The van der Waals surface area contributed by atoms with Crippen molar-refractivity contribution in [3.8, 4) is 0 Å². The normalized spacial score (nSPS) is 10.8. The van der Waals surface area contributed by atoms with Gasteiger partial charge in [-0.3, -0.25) is 4.79 Å². The van der Waals surface area contributed by atoms with Gasteiger partial charge in [-0.25, -0.2) is 8.78 Å². The van der Waals surface area contributed by atoms with Gasteiger partial charge in [0.1, 0.15) is 11.6 Å². The fourth-order valence-electron chi connectivity index (χ4n) is 2.47. The van der Waals surface area contributed by atoms with E-state index in [4.69, 9.17) is 0 Å². The molecule has 2 aromatic carbocycles. The molecule has 0 saturated carbocycles. The molecule has 2 rings (SSSR count). The Kier molecular flexibility index (Phi) is 6.23. The van der Waals surface area contributed by atoms with E-state index in [9.17, 15) is 13.6 Å². The molecular formula is C18H20F2N2O. The van der Waals surface area contributed by atoms with Crippen molar-refractivity contribution >= 4 is 5.91 Å². The molecule has 0 aliphatic carbocycles. The fraction of sp³-hybridized carbons (Fsp3) is 0.278. The van der Waals surface area contributed by atoms with Gasteiger partial charge >= 0.3 is 0 Å². The molecule has 122 valence electrons. The standard InChI is InChI=1S/C18H20F2N2O/c1-21-12-18(23)22-15(10-13-6-2-4-8-16(13)19)11-14-7-3-5-9-17(14)20/h2-9,15,21H,10-12H2,1H3,(H,22,23). The molecule has 0 aromatic heterocycles. The second kappa shape index (κ2) is 8.39.